The van der Waals surface area contributed by atoms with Crippen molar-refractivity contribution in [2.45, 2.75) is 0 Å². The molecule has 2 N–H and O–H groups in total. The van der Waals surface area contributed by atoms with Crippen molar-refractivity contribution in [3.8, 4) is 11.3 Å². The maximum absolute atomic E-state index is 9.22. The van der Waals surface area contributed by atoms with Gasteiger partial charge in [0.15, 0.2) is 0 Å². The number of halogens is 1. The van der Waals surface area contributed by atoms with Gasteiger partial charge in [0, 0.05) is 10.6 Å². The summed E-state index contributed by atoms with van der Waals surface area (Å²) in [7, 11) is 0. The SMILES string of the molecule is N=c1nnc(-c2ccc(Cl)cc2)cn1O. The largest absolute Gasteiger partial charge is 0.425 e. The molecule has 0 aliphatic carbocycles. The summed E-state index contributed by atoms with van der Waals surface area (Å²) >= 11 is 5.74. The highest BCUT2D eigenvalue weighted by atomic mass is 35.5. The van der Waals surface area contributed by atoms with Crippen LogP contribution in [0.15, 0.2) is 30.5 Å². The predicted molar refractivity (Wildman–Crippen MR) is 53.5 cm³/mol. The van der Waals surface area contributed by atoms with Crippen LogP contribution >= 0.6 is 11.6 Å². The monoisotopic (exact) mass is 222 g/mol. The Labute approximate surface area is 90.1 Å². The molecule has 0 bridgehead atoms. The number of rotatable bonds is 1. The van der Waals surface area contributed by atoms with Gasteiger partial charge in [-0.15, -0.1) is 10.2 Å². The molecule has 0 atom stereocenters. The van der Waals surface area contributed by atoms with Crippen molar-refractivity contribution in [2.24, 2.45) is 0 Å². The Morgan fingerprint density at radius 1 is 1.20 bits per heavy atom. The molecule has 1 aromatic heterocycles. The second-order valence-corrected chi connectivity index (χ2v) is 3.33. The van der Waals surface area contributed by atoms with Crippen LogP contribution in [-0.2, 0) is 0 Å². The Morgan fingerprint density at radius 2 is 1.87 bits per heavy atom. The molecule has 0 amide bonds. The Hall–Kier alpha value is -1.88. The third kappa shape index (κ3) is 1.97. The number of nitrogens with zero attached hydrogens (tertiary/aromatic N) is 3. The molecule has 76 valence electrons. The standard InChI is InChI=1S/C9H7ClN4O/c10-7-3-1-6(2-4-7)8-5-14(15)9(11)13-12-8/h1-5,11,15H. The van der Waals surface area contributed by atoms with Crippen LogP contribution < -0.4 is 5.62 Å². The van der Waals surface area contributed by atoms with Crippen LogP contribution in [0.5, 0.6) is 0 Å². The quantitative estimate of drug-likeness (QED) is 0.715. The first-order chi connectivity index (χ1) is 7.16. The lowest BCUT2D eigenvalue weighted by molar-refractivity contribution is 0.163. The molecule has 0 radical (unpaired) electrons. The lowest BCUT2D eigenvalue weighted by Crippen LogP contribution is -2.21. The molecule has 2 aromatic rings. The Balaban J connectivity index is 2.50. The summed E-state index contributed by atoms with van der Waals surface area (Å²) in [5.74, 6) is 0. The average Bonchev–Trinajstić information content (AvgIpc) is 2.23. The van der Waals surface area contributed by atoms with E-state index in [0.29, 0.717) is 15.4 Å². The number of aromatic nitrogens is 3. The van der Waals surface area contributed by atoms with Crippen LogP contribution in [-0.4, -0.2) is 20.1 Å². The van der Waals surface area contributed by atoms with Crippen molar-refractivity contribution in [1.29, 1.82) is 5.41 Å². The predicted octanol–water partition coefficient (Wildman–Crippen LogP) is 1.32. The van der Waals surface area contributed by atoms with Gasteiger partial charge in [-0.3, -0.25) is 5.41 Å². The van der Waals surface area contributed by atoms with E-state index in [1.54, 1.807) is 24.3 Å². The highest BCUT2D eigenvalue weighted by Crippen LogP contribution is 2.17. The van der Waals surface area contributed by atoms with Gasteiger partial charge in [0.1, 0.15) is 5.69 Å². The van der Waals surface area contributed by atoms with Gasteiger partial charge in [0.05, 0.1) is 6.20 Å². The molecule has 0 saturated heterocycles. The molecule has 0 spiro atoms. The second-order valence-electron chi connectivity index (χ2n) is 2.89. The zero-order chi connectivity index (χ0) is 10.8. The molecule has 0 aliphatic heterocycles. The van der Waals surface area contributed by atoms with E-state index in [1.165, 1.54) is 6.20 Å². The first-order valence-corrected chi connectivity index (χ1v) is 4.51. The fourth-order valence-electron chi connectivity index (χ4n) is 1.10. The molecule has 5 nitrogen and oxygen atoms in total. The van der Waals surface area contributed by atoms with Crippen LogP contribution in [0.3, 0.4) is 0 Å². The van der Waals surface area contributed by atoms with Crippen molar-refractivity contribution in [1.82, 2.24) is 14.9 Å². The highest BCUT2D eigenvalue weighted by molar-refractivity contribution is 6.30. The van der Waals surface area contributed by atoms with Gasteiger partial charge in [-0.1, -0.05) is 23.7 Å². The van der Waals surface area contributed by atoms with Gasteiger partial charge < -0.3 is 5.21 Å². The minimum atomic E-state index is -0.312. The summed E-state index contributed by atoms with van der Waals surface area (Å²) in [4.78, 5) is 0. The minimum absolute atomic E-state index is 0.312. The lowest BCUT2D eigenvalue weighted by atomic mass is 10.2. The molecule has 0 unspecified atom stereocenters. The molecule has 15 heavy (non-hydrogen) atoms. The first-order valence-electron chi connectivity index (χ1n) is 4.13. The van der Waals surface area contributed by atoms with E-state index in [1.807, 2.05) is 0 Å². The average molecular weight is 223 g/mol. The zero-order valence-corrected chi connectivity index (χ0v) is 8.31. The van der Waals surface area contributed by atoms with E-state index in [2.05, 4.69) is 10.2 Å². The summed E-state index contributed by atoms with van der Waals surface area (Å²) in [5, 5.41) is 24.2. The topological polar surface area (TPSA) is 74.8 Å². The molecule has 0 fully saturated rings. The molecule has 0 aliphatic rings. The maximum Gasteiger partial charge on any atom is 0.274 e. The summed E-state index contributed by atoms with van der Waals surface area (Å²) < 4.78 is 0.608. The summed E-state index contributed by atoms with van der Waals surface area (Å²) in [5.41, 5.74) is 0.938. The van der Waals surface area contributed by atoms with Gasteiger partial charge in [-0.05, 0) is 12.1 Å². The van der Waals surface area contributed by atoms with Crippen molar-refractivity contribution < 1.29 is 5.21 Å². The zero-order valence-electron chi connectivity index (χ0n) is 7.55. The number of hydrogen-bond donors (Lipinski definition) is 2. The van der Waals surface area contributed by atoms with Gasteiger partial charge >= 0.3 is 0 Å². The van der Waals surface area contributed by atoms with Crippen molar-refractivity contribution >= 4 is 11.6 Å². The van der Waals surface area contributed by atoms with Crippen LogP contribution in [0, 0.1) is 5.41 Å². The number of hydrogen-bond acceptors (Lipinski definition) is 4. The summed E-state index contributed by atoms with van der Waals surface area (Å²) in [6, 6.07) is 6.95. The van der Waals surface area contributed by atoms with E-state index in [9.17, 15) is 5.21 Å². The van der Waals surface area contributed by atoms with E-state index >= 15 is 0 Å². The summed E-state index contributed by atoms with van der Waals surface area (Å²) in [6.45, 7) is 0. The second kappa shape index (κ2) is 3.70. The van der Waals surface area contributed by atoms with Gasteiger partial charge in [-0.2, -0.15) is 4.73 Å². The normalized spacial score (nSPS) is 10.2. The maximum atomic E-state index is 9.22. The van der Waals surface area contributed by atoms with Crippen molar-refractivity contribution in [3.63, 3.8) is 0 Å². The first kappa shape index (κ1) is 9.67. The fourth-order valence-corrected chi connectivity index (χ4v) is 1.23. The lowest BCUT2D eigenvalue weighted by Gasteiger charge is -2.01. The smallest absolute Gasteiger partial charge is 0.274 e. The molecular formula is C9H7ClN4O. The number of benzene rings is 1. The third-order valence-corrected chi connectivity index (χ3v) is 2.11. The molecular weight excluding hydrogens is 216 g/mol. The van der Waals surface area contributed by atoms with Gasteiger partial charge in [-0.25, -0.2) is 0 Å². The van der Waals surface area contributed by atoms with Crippen LogP contribution in [0.4, 0.5) is 0 Å². The molecule has 2 rings (SSSR count). The van der Waals surface area contributed by atoms with Gasteiger partial charge in [0.25, 0.3) is 5.62 Å². The Morgan fingerprint density at radius 3 is 2.47 bits per heavy atom. The van der Waals surface area contributed by atoms with Crippen LogP contribution in [0.2, 0.25) is 5.02 Å². The fraction of sp³-hybridized carbons (Fsp3) is 0. The van der Waals surface area contributed by atoms with Crippen LogP contribution in [0.25, 0.3) is 11.3 Å². The van der Waals surface area contributed by atoms with Crippen molar-refractivity contribution in [3.05, 3.63) is 41.1 Å². The molecule has 0 saturated carbocycles. The van der Waals surface area contributed by atoms with E-state index in [4.69, 9.17) is 17.0 Å². The third-order valence-electron chi connectivity index (χ3n) is 1.85. The number of nitrogens with one attached hydrogen (secondary N) is 1. The molecule has 6 heteroatoms. The van der Waals surface area contributed by atoms with Crippen LogP contribution in [0.1, 0.15) is 0 Å². The van der Waals surface area contributed by atoms with E-state index < -0.39 is 0 Å². The van der Waals surface area contributed by atoms with E-state index in [0.717, 1.165) is 5.56 Å². The minimum Gasteiger partial charge on any atom is -0.425 e. The molecule has 1 aromatic carbocycles. The molecule has 1 heterocycles. The van der Waals surface area contributed by atoms with Gasteiger partial charge in [0.2, 0.25) is 0 Å². The van der Waals surface area contributed by atoms with Crippen molar-refractivity contribution in [2.75, 3.05) is 0 Å². The van der Waals surface area contributed by atoms with E-state index in [-0.39, 0.29) is 5.62 Å². The highest BCUT2D eigenvalue weighted by Gasteiger charge is 2.01. The summed E-state index contributed by atoms with van der Waals surface area (Å²) in [6.07, 6.45) is 1.32. The Bertz CT molecular complexity index is 535. The Kier molecular flexibility index (Phi) is 2.39.